The van der Waals surface area contributed by atoms with E-state index in [0.717, 1.165) is 11.3 Å². The molecular weight excluding hydrogens is 354 g/mol. The summed E-state index contributed by atoms with van der Waals surface area (Å²) in [5, 5.41) is 15.0. The molecule has 0 bridgehead atoms. The Kier molecular flexibility index (Phi) is 5.82. The standard InChI is InChI=1S/C21H19N5O2/c1-14-11-19(20(27)25-18-6-4-3-5-16(18)12-22)26-21(24-14)23-13-15-7-9-17(28-2)10-8-15/h3-11H,13H2,1-2H3,(H,25,27)(H,23,24,26). The summed E-state index contributed by atoms with van der Waals surface area (Å²) in [5.41, 5.74) is 2.74. The van der Waals surface area contributed by atoms with E-state index in [1.165, 1.54) is 0 Å². The fraction of sp³-hybridized carbons (Fsp3) is 0.143. The van der Waals surface area contributed by atoms with Crippen molar-refractivity contribution in [2.24, 2.45) is 0 Å². The number of aryl methyl sites for hydroxylation is 1. The molecule has 1 aromatic heterocycles. The average molecular weight is 373 g/mol. The van der Waals surface area contributed by atoms with Crippen molar-refractivity contribution in [3.05, 3.63) is 77.1 Å². The number of hydrogen-bond donors (Lipinski definition) is 2. The maximum Gasteiger partial charge on any atom is 0.274 e. The van der Waals surface area contributed by atoms with Crippen LogP contribution in [-0.4, -0.2) is 23.0 Å². The summed E-state index contributed by atoms with van der Waals surface area (Å²) < 4.78 is 5.15. The molecule has 0 spiro atoms. The number of methoxy groups -OCH3 is 1. The van der Waals surface area contributed by atoms with Crippen LogP contribution in [0, 0.1) is 18.3 Å². The van der Waals surface area contributed by atoms with Gasteiger partial charge in [0.15, 0.2) is 0 Å². The molecule has 3 aromatic rings. The molecule has 7 nitrogen and oxygen atoms in total. The Morgan fingerprint density at radius 2 is 1.89 bits per heavy atom. The number of para-hydroxylation sites is 1. The number of benzene rings is 2. The van der Waals surface area contributed by atoms with Gasteiger partial charge in [-0.05, 0) is 42.8 Å². The zero-order valence-electron chi connectivity index (χ0n) is 15.6. The van der Waals surface area contributed by atoms with E-state index < -0.39 is 5.91 Å². The lowest BCUT2D eigenvalue weighted by Gasteiger charge is -2.10. The van der Waals surface area contributed by atoms with Gasteiger partial charge >= 0.3 is 0 Å². The summed E-state index contributed by atoms with van der Waals surface area (Å²) in [6, 6.07) is 18.1. The van der Waals surface area contributed by atoms with Gasteiger partial charge < -0.3 is 15.4 Å². The van der Waals surface area contributed by atoms with Gasteiger partial charge in [-0.1, -0.05) is 24.3 Å². The predicted molar refractivity (Wildman–Crippen MR) is 106 cm³/mol. The third-order valence-corrected chi connectivity index (χ3v) is 3.99. The van der Waals surface area contributed by atoms with Crippen LogP contribution in [0.1, 0.15) is 27.3 Å². The summed E-state index contributed by atoms with van der Waals surface area (Å²) in [6.07, 6.45) is 0. The molecule has 0 radical (unpaired) electrons. The molecule has 0 saturated heterocycles. The lowest BCUT2D eigenvalue weighted by Crippen LogP contribution is -2.16. The number of nitrogens with one attached hydrogen (secondary N) is 2. The Morgan fingerprint density at radius 3 is 2.61 bits per heavy atom. The number of hydrogen-bond acceptors (Lipinski definition) is 6. The fourth-order valence-corrected chi connectivity index (χ4v) is 2.56. The lowest BCUT2D eigenvalue weighted by atomic mass is 10.2. The average Bonchev–Trinajstić information content (AvgIpc) is 2.72. The second-order valence-electron chi connectivity index (χ2n) is 6.03. The number of amides is 1. The molecule has 7 heteroatoms. The van der Waals surface area contributed by atoms with Crippen LogP contribution < -0.4 is 15.4 Å². The number of rotatable bonds is 6. The van der Waals surface area contributed by atoms with Crippen LogP contribution in [0.2, 0.25) is 0 Å². The van der Waals surface area contributed by atoms with Gasteiger partial charge in [0.05, 0.1) is 18.4 Å². The Balaban J connectivity index is 1.73. The molecule has 3 rings (SSSR count). The molecule has 140 valence electrons. The normalized spacial score (nSPS) is 10.0. The Labute approximate surface area is 163 Å². The van der Waals surface area contributed by atoms with Gasteiger partial charge in [-0.25, -0.2) is 9.97 Å². The van der Waals surface area contributed by atoms with E-state index in [9.17, 15) is 4.79 Å². The van der Waals surface area contributed by atoms with E-state index in [0.29, 0.717) is 29.4 Å². The van der Waals surface area contributed by atoms with E-state index in [4.69, 9.17) is 10.00 Å². The van der Waals surface area contributed by atoms with Crippen molar-refractivity contribution >= 4 is 17.5 Å². The molecular formula is C21H19N5O2. The highest BCUT2D eigenvalue weighted by Gasteiger charge is 2.13. The highest BCUT2D eigenvalue weighted by Crippen LogP contribution is 2.16. The van der Waals surface area contributed by atoms with Crippen LogP contribution in [-0.2, 0) is 6.54 Å². The zero-order valence-corrected chi connectivity index (χ0v) is 15.6. The Morgan fingerprint density at radius 1 is 1.14 bits per heavy atom. The van der Waals surface area contributed by atoms with E-state index in [1.54, 1.807) is 44.4 Å². The summed E-state index contributed by atoms with van der Waals surface area (Å²) in [4.78, 5) is 21.2. The number of anilines is 2. The van der Waals surface area contributed by atoms with Crippen molar-refractivity contribution < 1.29 is 9.53 Å². The van der Waals surface area contributed by atoms with Crippen molar-refractivity contribution in [2.45, 2.75) is 13.5 Å². The fourth-order valence-electron chi connectivity index (χ4n) is 2.56. The number of carbonyl (C=O) groups is 1. The third-order valence-electron chi connectivity index (χ3n) is 3.99. The van der Waals surface area contributed by atoms with Crippen molar-refractivity contribution in [1.29, 1.82) is 5.26 Å². The monoisotopic (exact) mass is 373 g/mol. The smallest absolute Gasteiger partial charge is 0.274 e. The minimum Gasteiger partial charge on any atom is -0.497 e. The van der Waals surface area contributed by atoms with Gasteiger partial charge in [0.2, 0.25) is 5.95 Å². The first-order valence-corrected chi connectivity index (χ1v) is 8.62. The first-order chi connectivity index (χ1) is 13.6. The third kappa shape index (κ3) is 4.62. The number of ether oxygens (including phenoxy) is 1. The summed E-state index contributed by atoms with van der Waals surface area (Å²) in [7, 11) is 1.62. The van der Waals surface area contributed by atoms with Crippen LogP contribution in [0.4, 0.5) is 11.6 Å². The number of aromatic nitrogens is 2. The molecule has 0 aliphatic rings. The van der Waals surface area contributed by atoms with E-state index >= 15 is 0 Å². The predicted octanol–water partition coefficient (Wildman–Crippen LogP) is 3.53. The summed E-state index contributed by atoms with van der Waals surface area (Å²) >= 11 is 0. The molecule has 0 aliphatic carbocycles. The maximum atomic E-state index is 12.6. The van der Waals surface area contributed by atoms with Crippen LogP contribution in [0.15, 0.2) is 54.6 Å². The van der Waals surface area contributed by atoms with Gasteiger partial charge in [-0.2, -0.15) is 5.26 Å². The number of nitrogens with zero attached hydrogens (tertiary/aromatic N) is 3. The molecule has 0 unspecified atom stereocenters. The lowest BCUT2D eigenvalue weighted by molar-refractivity contribution is 0.102. The van der Waals surface area contributed by atoms with Crippen molar-refractivity contribution in [3.8, 4) is 11.8 Å². The molecule has 0 aliphatic heterocycles. The van der Waals surface area contributed by atoms with E-state index in [2.05, 4.69) is 26.7 Å². The van der Waals surface area contributed by atoms with Gasteiger partial charge in [0.1, 0.15) is 17.5 Å². The topological polar surface area (TPSA) is 99.9 Å². The van der Waals surface area contributed by atoms with Crippen molar-refractivity contribution in [2.75, 3.05) is 17.7 Å². The first-order valence-electron chi connectivity index (χ1n) is 8.62. The molecule has 0 atom stereocenters. The first kappa shape index (κ1) is 18.9. The molecule has 0 fully saturated rings. The second-order valence-corrected chi connectivity index (χ2v) is 6.03. The Hall–Kier alpha value is -3.92. The van der Waals surface area contributed by atoms with Gasteiger partial charge in [-0.3, -0.25) is 4.79 Å². The zero-order chi connectivity index (χ0) is 19.9. The molecule has 1 heterocycles. The Bertz CT molecular complexity index is 1030. The van der Waals surface area contributed by atoms with Gasteiger partial charge in [0.25, 0.3) is 5.91 Å². The van der Waals surface area contributed by atoms with Crippen LogP contribution in [0.5, 0.6) is 5.75 Å². The minimum absolute atomic E-state index is 0.220. The largest absolute Gasteiger partial charge is 0.497 e. The molecule has 2 N–H and O–H groups in total. The second kappa shape index (κ2) is 8.64. The summed E-state index contributed by atoms with van der Waals surface area (Å²) in [6.45, 7) is 2.30. The quantitative estimate of drug-likeness (QED) is 0.686. The van der Waals surface area contributed by atoms with Gasteiger partial charge in [0, 0.05) is 12.2 Å². The van der Waals surface area contributed by atoms with Crippen LogP contribution >= 0.6 is 0 Å². The van der Waals surface area contributed by atoms with Crippen LogP contribution in [0.25, 0.3) is 0 Å². The molecule has 28 heavy (non-hydrogen) atoms. The number of carbonyl (C=O) groups excluding carboxylic acids is 1. The van der Waals surface area contributed by atoms with E-state index in [1.807, 2.05) is 24.3 Å². The van der Waals surface area contributed by atoms with Gasteiger partial charge in [-0.15, -0.1) is 0 Å². The minimum atomic E-state index is -0.402. The molecule has 0 saturated carbocycles. The maximum absolute atomic E-state index is 12.6. The highest BCUT2D eigenvalue weighted by atomic mass is 16.5. The number of nitriles is 1. The van der Waals surface area contributed by atoms with Crippen molar-refractivity contribution in [1.82, 2.24) is 9.97 Å². The van der Waals surface area contributed by atoms with E-state index in [-0.39, 0.29) is 5.69 Å². The SMILES string of the molecule is COc1ccc(CNc2nc(C)cc(C(=O)Nc3ccccc3C#N)n2)cc1. The molecule has 1 amide bonds. The molecule has 2 aromatic carbocycles. The highest BCUT2D eigenvalue weighted by molar-refractivity contribution is 6.03. The van der Waals surface area contributed by atoms with Crippen molar-refractivity contribution in [3.63, 3.8) is 0 Å². The summed E-state index contributed by atoms with van der Waals surface area (Å²) in [5.74, 6) is 0.738. The van der Waals surface area contributed by atoms with Crippen LogP contribution in [0.3, 0.4) is 0 Å².